The van der Waals surface area contributed by atoms with E-state index in [4.69, 9.17) is 11.6 Å². The Balaban J connectivity index is 1.60. The van der Waals surface area contributed by atoms with Crippen LogP contribution in [0.5, 0.6) is 0 Å². The first-order chi connectivity index (χ1) is 22.5. The fraction of sp³-hybridized carbons (Fsp3) is 0.316. The number of amides is 2. The number of hydrogen-bond acceptors (Lipinski definition) is 4. The van der Waals surface area contributed by atoms with Gasteiger partial charge in [-0.1, -0.05) is 103 Å². The molecule has 0 aromatic heterocycles. The molecular formula is C38H42ClN3O4S. The number of carbonyl (C=O) groups is 2. The standard InChI is InChI=1S/C38H42ClN3O4S/c1-27-17-21-34(22-18-27)47(45,46)42(35-24-32(39)20-19-29(35)3)26-37(43)41(25-31-14-8-7-11-28(31)2)36(23-30-12-5-4-6-13-30)38(44)40-33-15-9-10-16-33/h4-8,11-14,17-22,24,33,36H,9-10,15-16,23,25-26H2,1-3H3,(H,40,44)/t36-/m0/s1. The first kappa shape index (κ1) is 34.2. The van der Waals surface area contributed by atoms with Gasteiger partial charge in [0.1, 0.15) is 12.6 Å². The zero-order valence-electron chi connectivity index (χ0n) is 27.2. The van der Waals surface area contributed by atoms with E-state index in [1.807, 2.05) is 68.4 Å². The van der Waals surface area contributed by atoms with Gasteiger partial charge in [-0.2, -0.15) is 0 Å². The first-order valence-corrected chi connectivity index (χ1v) is 17.9. The average molecular weight is 672 g/mol. The Morgan fingerprint density at radius 1 is 0.851 bits per heavy atom. The fourth-order valence-corrected chi connectivity index (χ4v) is 7.73. The Kier molecular flexibility index (Phi) is 11.0. The molecule has 4 aromatic rings. The van der Waals surface area contributed by atoms with Gasteiger partial charge in [-0.25, -0.2) is 8.42 Å². The Labute approximate surface area is 283 Å². The molecule has 0 aliphatic heterocycles. The second-order valence-corrected chi connectivity index (χ2v) is 14.7. The van der Waals surface area contributed by atoms with Crippen molar-refractivity contribution in [3.8, 4) is 0 Å². The molecule has 0 bridgehead atoms. The molecule has 5 rings (SSSR count). The molecule has 2 amide bonds. The second-order valence-electron chi connectivity index (χ2n) is 12.4. The lowest BCUT2D eigenvalue weighted by molar-refractivity contribution is -0.140. The molecule has 1 aliphatic rings. The predicted octanol–water partition coefficient (Wildman–Crippen LogP) is 7.16. The third kappa shape index (κ3) is 8.42. The van der Waals surface area contributed by atoms with Gasteiger partial charge < -0.3 is 10.2 Å². The van der Waals surface area contributed by atoms with Crippen molar-refractivity contribution in [2.75, 3.05) is 10.8 Å². The highest BCUT2D eigenvalue weighted by atomic mass is 35.5. The predicted molar refractivity (Wildman–Crippen MR) is 188 cm³/mol. The Bertz CT molecular complexity index is 1810. The molecule has 1 saturated carbocycles. The van der Waals surface area contributed by atoms with Crippen LogP contribution in [0.3, 0.4) is 0 Å². The van der Waals surface area contributed by atoms with E-state index in [9.17, 15) is 18.0 Å². The Morgan fingerprint density at radius 2 is 1.51 bits per heavy atom. The molecule has 1 fully saturated rings. The summed E-state index contributed by atoms with van der Waals surface area (Å²) in [6, 6.07) is 28.0. The van der Waals surface area contributed by atoms with Gasteiger partial charge in [0.25, 0.3) is 10.0 Å². The summed E-state index contributed by atoms with van der Waals surface area (Å²) in [5.74, 6) is -0.736. The van der Waals surface area contributed by atoms with Crippen molar-refractivity contribution in [1.29, 1.82) is 0 Å². The number of carbonyl (C=O) groups excluding carboxylic acids is 2. The van der Waals surface area contributed by atoms with Crippen LogP contribution in [0.25, 0.3) is 0 Å². The van der Waals surface area contributed by atoms with Crippen LogP contribution in [0.2, 0.25) is 5.02 Å². The molecule has 0 saturated heterocycles. The summed E-state index contributed by atoms with van der Waals surface area (Å²) in [6.45, 7) is 5.24. The molecule has 1 N–H and O–H groups in total. The molecule has 9 heteroatoms. The van der Waals surface area contributed by atoms with E-state index in [1.54, 1.807) is 54.3 Å². The van der Waals surface area contributed by atoms with Crippen molar-refractivity contribution < 1.29 is 18.0 Å². The molecule has 4 aromatic carbocycles. The average Bonchev–Trinajstić information content (AvgIpc) is 3.57. The van der Waals surface area contributed by atoms with E-state index in [0.29, 0.717) is 16.3 Å². The van der Waals surface area contributed by atoms with Crippen LogP contribution in [0.4, 0.5) is 5.69 Å². The number of sulfonamides is 1. The molecule has 1 aliphatic carbocycles. The minimum atomic E-state index is -4.22. The van der Waals surface area contributed by atoms with Crippen molar-refractivity contribution in [3.05, 3.63) is 130 Å². The van der Waals surface area contributed by atoms with Crippen LogP contribution < -0.4 is 9.62 Å². The smallest absolute Gasteiger partial charge is 0.264 e. The number of benzene rings is 4. The largest absolute Gasteiger partial charge is 0.352 e. The number of hydrogen-bond donors (Lipinski definition) is 1. The third-order valence-corrected chi connectivity index (χ3v) is 10.9. The van der Waals surface area contributed by atoms with Crippen molar-refractivity contribution in [2.24, 2.45) is 0 Å². The van der Waals surface area contributed by atoms with Gasteiger partial charge in [0.15, 0.2) is 0 Å². The monoisotopic (exact) mass is 671 g/mol. The Morgan fingerprint density at radius 3 is 2.19 bits per heavy atom. The number of rotatable bonds is 12. The van der Waals surface area contributed by atoms with Gasteiger partial charge >= 0.3 is 0 Å². The van der Waals surface area contributed by atoms with E-state index in [0.717, 1.165) is 52.2 Å². The van der Waals surface area contributed by atoms with Gasteiger partial charge in [-0.05, 0) is 80.1 Å². The third-order valence-electron chi connectivity index (χ3n) is 8.90. The lowest BCUT2D eigenvalue weighted by atomic mass is 10.0. The topological polar surface area (TPSA) is 86.8 Å². The molecule has 0 spiro atoms. The molecule has 7 nitrogen and oxygen atoms in total. The fourth-order valence-electron chi connectivity index (χ4n) is 6.09. The van der Waals surface area contributed by atoms with Gasteiger partial charge in [0.05, 0.1) is 10.6 Å². The van der Waals surface area contributed by atoms with Gasteiger partial charge in [-0.15, -0.1) is 0 Å². The van der Waals surface area contributed by atoms with E-state index in [1.165, 1.54) is 0 Å². The SMILES string of the molecule is Cc1ccc(S(=O)(=O)N(CC(=O)N(Cc2ccccc2C)[C@@H](Cc2ccccc2)C(=O)NC2CCCC2)c2cc(Cl)ccc2C)cc1. The van der Waals surface area contributed by atoms with Crippen LogP contribution in [0.15, 0.2) is 102 Å². The highest BCUT2D eigenvalue weighted by Gasteiger charge is 2.36. The quantitative estimate of drug-likeness (QED) is 0.173. The number of halogens is 1. The zero-order valence-corrected chi connectivity index (χ0v) is 28.7. The zero-order chi connectivity index (χ0) is 33.6. The molecule has 246 valence electrons. The minimum absolute atomic E-state index is 0.0451. The van der Waals surface area contributed by atoms with Crippen molar-refractivity contribution in [2.45, 2.75) is 76.4 Å². The molecule has 0 radical (unpaired) electrons. The van der Waals surface area contributed by atoms with Crippen molar-refractivity contribution >= 4 is 39.1 Å². The van der Waals surface area contributed by atoms with E-state index in [-0.39, 0.29) is 29.8 Å². The van der Waals surface area contributed by atoms with Gasteiger partial charge in [-0.3, -0.25) is 13.9 Å². The van der Waals surface area contributed by atoms with Crippen molar-refractivity contribution in [3.63, 3.8) is 0 Å². The summed E-state index contributed by atoms with van der Waals surface area (Å²) >= 11 is 6.40. The minimum Gasteiger partial charge on any atom is -0.352 e. The summed E-state index contributed by atoms with van der Waals surface area (Å²) in [5.41, 5.74) is 4.60. The normalized spacial score (nSPS) is 14.0. The van der Waals surface area contributed by atoms with Crippen molar-refractivity contribution in [1.82, 2.24) is 10.2 Å². The maximum atomic E-state index is 14.8. The number of nitrogens with one attached hydrogen (secondary N) is 1. The van der Waals surface area contributed by atoms with Gasteiger partial charge in [0.2, 0.25) is 11.8 Å². The summed E-state index contributed by atoms with van der Waals surface area (Å²) in [6.07, 6.45) is 4.16. The summed E-state index contributed by atoms with van der Waals surface area (Å²) in [7, 11) is -4.22. The van der Waals surface area contributed by atoms with E-state index >= 15 is 0 Å². The van der Waals surface area contributed by atoms with Crippen LogP contribution in [0, 0.1) is 20.8 Å². The summed E-state index contributed by atoms with van der Waals surface area (Å²) in [5, 5.41) is 3.56. The molecule has 1 atom stereocenters. The van der Waals surface area contributed by atoms with Crippen LogP contribution >= 0.6 is 11.6 Å². The molecule has 47 heavy (non-hydrogen) atoms. The molecular weight excluding hydrogens is 630 g/mol. The number of aryl methyl sites for hydroxylation is 3. The summed E-state index contributed by atoms with van der Waals surface area (Å²) < 4.78 is 29.8. The van der Waals surface area contributed by atoms with Crippen LogP contribution in [0.1, 0.15) is 53.5 Å². The highest BCUT2D eigenvalue weighted by Crippen LogP contribution is 2.30. The number of anilines is 1. The van der Waals surface area contributed by atoms with E-state index in [2.05, 4.69) is 5.32 Å². The van der Waals surface area contributed by atoms with Crippen LogP contribution in [-0.2, 0) is 32.6 Å². The van der Waals surface area contributed by atoms with Crippen LogP contribution in [-0.4, -0.2) is 43.8 Å². The number of nitrogens with zero attached hydrogens (tertiary/aromatic N) is 2. The maximum absolute atomic E-state index is 14.8. The molecule has 0 unspecified atom stereocenters. The lowest BCUT2D eigenvalue weighted by Crippen LogP contribution is -2.54. The Hall–Kier alpha value is -4.14. The second kappa shape index (κ2) is 15.2. The van der Waals surface area contributed by atoms with Gasteiger partial charge in [0, 0.05) is 24.0 Å². The lowest BCUT2D eigenvalue weighted by Gasteiger charge is -2.35. The van der Waals surface area contributed by atoms with E-state index < -0.39 is 28.5 Å². The maximum Gasteiger partial charge on any atom is 0.264 e. The first-order valence-electron chi connectivity index (χ1n) is 16.1. The molecule has 0 heterocycles. The summed E-state index contributed by atoms with van der Waals surface area (Å²) in [4.78, 5) is 30.5. The highest BCUT2D eigenvalue weighted by molar-refractivity contribution is 7.92.